The first-order valence-electron chi connectivity index (χ1n) is 8.95. The average molecular weight is 389 g/mol. The molecular formula is C20H24N2O2S2. The van der Waals surface area contributed by atoms with Gasteiger partial charge in [0.1, 0.15) is 0 Å². The minimum absolute atomic E-state index is 0.0585. The second-order valence-corrected chi connectivity index (χ2v) is 7.95. The Kier molecular flexibility index (Phi) is 5.94. The monoisotopic (exact) mass is 388 g/mol. The fraction of sp³-hybridized carbons (Fsp3) is 0.400. The van der Waals surface area contributed by atoms with Crippen molar-refractivity contribution < 1.29 is 9.53 Å². The van der Waals surface area contributed by atoms with Gasteiger partial charge in [-0.3, -0.25) is 0 Å². The lowest BCUT2D eigenvalue weighted by Crippen LogP contribution is -2.45. The minimum atomic E-state index is -0.301. The zero-order valence-electron chi connectivity index (χ0n) is 15.1. The molecule has 1 saturated carbocycles. The molecule has 0 unspecified atom stereocenters. The molecule has 0 bridgehead atoms. The van der Waals surface area contributed by atoms with Crippen LogP contribution in [0.1, 0.15) is 53.4 Å². The fourth-order valence-electron chi connectivity index (χ4n) is 3.48. The molecular weight excluding hydrogens is 364 g/mol. The van der Waals surface area contributed by atoms with Crippen LogP contribution in [-0.2, 0) is 10.3 Å². The summed E-state index contributed by atoms with van der Waals surface area (Å²) < 4.78 is 5.05. The number of nitrogens with one attached hydrogen (secondary N) is 2. The number of carbonyl (C=O) groups excluding carboxylic acids is 1. The van der Waals surface area contributed by atoms with E-state index in [2.05, 4.69) is 28.1 Å². The molecule has 0 aliphatic heterocycles. The first kappa shape index (κ1) is 18.9. The van der Waals surface area contributed by atoms with Gasteiger partial charge in [-0.2, -0.15) is 0 Å². The third-order valence-electron chi connectivity index (χ3n) is 4.79. The first-order valence-corrected chi connectivity index (χ1v) is 10.2. The van der Waals surface area contributed by atoms with Gasteiger partial charge in [0.2, 0.25) is 0 Å². The third-order valence-corrected chi connectivity index (χ3v) is 6.07. The summed E-state index contributed by atoms with van der Waals surface area (Å²) >= 11 is 7.37. The Bertz CT molecular complexity index is 781. The van der Waals surface area contributed by atoms with Crippen LogP contribution in [0.2, 0.25) is 0 Å². The maximum Gasteiger partial charge on any atom is 0.338 e. The van der Waals surface area contributed by atoms with Gasteiger partial charge in [-0.05, 0) is 74.1 Å². The summed E-state index contributed by atoms with van der Waals surface area (Å²) in [7, 11) is 0. The summed E-state index contributed by atoms with van der Waals surface area (Å²) in [5, 5.41) is 9.60. The van der Waals surface area contributed by atoms with Crippen LogP contribution in [0.5, 0.6) is 0 Å². The topological polar surface area (TPSA) is 50.4 Å². The number of benzene rings is 1. The molecule has 1 heterocycles. The molecule has 1 aliphatic carbocycles. The van der Waals surface area contributed by atoms with Gasteiger partial charge in [-0.1, -0.05) is 18.9 Å². The predicted molar refractivity (Wildman–Crippen MR) is 111 cm³/mol. The lowest BCUT2D eigenvalue weighted by Gasteiger charge is -2.31. The molecule has 6 heteroatoms. The number of thiophene rings is 1. The van der Waals surface area contributed by atoms with E-state index >= 15 is 0 Å². The molecule has 1 aromatic carbocycles. The van der Waals surface area contributed by atoms with Gasteiger partial charge in [0.25, 0.3) is 0 Å². The largest absolute Gasteiger partial charge is 0.462 e. The van der Waals surface area contributed by atoms with E-state index in [1.807, 2.05) is 19.1 Å². The highest BCUT2D eigenvalue weighted by molar-refractivity contribution is 7.80. The number of ether oxygens (including phenoxy) is 1. The number of rotatable bonds is 5. The van der Waals surface area contributed by atoms with Crippen molar-refractivity contribution in [2.45, 2.75) is 45.1 Å². The van der Waals surface area contributed by atoms with Crippen molar-refractivity contribution in [3.8, 4) is 0 Å². The lowest BCUT2D eigenvalue weighted by molar-refractivity contribution is 0.0526. The summed E-state index contributed by atoms with van der Waals surface area (Å²) in [5.74, 6) is -0.301. The Labute approximate surface area is 164 Å². The van der Waals surface area contributed by atoms with E-state index in [0.29, 0.717) is 17.3 Å². The average Bonchev–Trinajstić information content (AvgIpc) is 3.29. The molecule has 0 atom stereocenters. The Balaban J connectivity index is 1.71. The summed E-state index contributed by atoms with van der Waals surface area (Å²) in [6.45, 7) is 4.13. The summed E-state index contributed by atoms with van der Waals surface area (Å²) in [4.78, 5) is 13.2. The predicted octanol–water partition coefficient (Wildman–Crippen LogP) is 4.99. The van der Waals surface area contributed by atoms with Gasteiger partial charge in [-0.25, -0.2) is 4.79 Å². The number of hydrogen-bond acceptors (Lipinski definition) is 4. The van der Waals surface area contributed by atoms with Crippen molar-refractivity contribution in [1.29, 1.82) is 0 Å². The molecule has 1 fully saturated rings. The molecule has 138 valence electrons. The SMILES string of the molecule is CCOC(=O)c1ccc(NC(=S)NC2(c3cccs3)CCCC2)c(C)c1. The highest BCUT2D eigenvalue weighted by Gasteiger charge is 2.37. The van der Waals surface area contributed by atoms with Crippen LogP contribution in [-0.4, -0.2) is 17.7 Å². The molecule has 0 spiro atoms. The van der Waals surface area contributed by atoms with E-state index < -0.39 is 0 Å². The number of anilines is 1. The molecule has 2 aromatic rings. The van der Waals surface area contributed by atoms with Crippen molar-refractivity contribution in [1.82, 2.24) is 5.32 Å². The van der Waals surface area contributed by atoms with Gasteiger partial charge in [-0.15, -0.1) is 11.3 Å². The maximum atomic E-state index is 11.9. The van der Waals surface area contributed by atoms with Gasteiger partial charge >= 0.3 is 5.97 Å². The lowest BCUT2D eigenvalue weighted by atomic mass is 9.96. The van der Waals surface area contributed by atoms with Gasteiger partial charge < -0.3 is 15.4 Å². The van der Waals surface area contributed by atoms with Crippen LogP contribution in [0.4, 0.5) is 5.69 Å². The van der Waals surface area contributed by atoms with Gasteiger partial charge in [0, 0.05) is 10.6 Å². The van der Waals surface area contributed by atoms with Gasteiger partial charge in [0.15, 0.2) is 5.11 Å². The van der Waals surface area contributed by atoms with Crippen molar-refractivity contribution >= 4 is 40.3 Å². The maximum absolute atomic E-state index is 11.9. The van der Waals surface area contributed by atoms with E-state index in [1.165, 1.54) is 17.7 Å². The molecule has 1 aliphatic rings. The zero-order valence-corrected chi connectivity index (χ0v) is 16.8. The smallest absolute Gasteiger partial charge is 0.338 e. The Hall–Kier alpha value is -1.92. The number of aryl methyl sites for hydroxylation is 1. The van der Waals surface area contributed by atoms with Crippen LogP contribution in [0.25, 0.3) is 0 Å². The van der Waals surface area contributed by atoms with Crippen LogP contribution in [0, 0.1) is 6.92 Å². The van der Waals surface area contributed by atoms with Crippen molar-refractivity contribution in [2.24, 2.45) is 0 Å². The zero-order chi connectivity index (χ0) is 18.6. The number of thiocarbonyl (C=S) groups is 1. The molecule has 1 aromatic heterocycles. The Morgan fingerprint density at radius 3 is 2.69 bits per heavy atom. The van der Waals surface area contributed by atoms with Crippen molar-refractivity contribution in [3.63, 3.8) is 0 Å². The van der Waals surface area contributed by atoms with Gasteiger partial charge in [0.05, 0.1) is 17.7 Å². The highest BCUT2D eigenvalue weighted by atomic mass is 32.1. The quantitative estimate of drug-likeness (QED) is 0.558. The highest BCUT2D eigenvalue weighted by Crippen LogP contribution is 2.40. The molecule has 26 heavy (non-hydrogen) atoms. The van der Waals surface area contributed by atoms with Crippen LogP contribution in [0.3, 0.4) is 0 Å². The van der Waals surface area contributed by atoms with E-state index in [9.17, 15) is 4.79 Å². The molecule has 3 rings (SSSR count). The van der Waals surface area contributed by atoms with Crippen molar-refractivity contribution in [2.75, 3.05) is 11.9 Å². The van der Waals surface area contributed by atoms with Crippen LogP contribution >= 0.6 is 23.6 Å². The third kappa shape index (κ3) is 4.07. The first-order chi connectivity index (χ1) is 12.5. The second kappa shape index (κ2) is 8.18. The van der Waals surface area contributed by atoms with Crippen LogP contribution in [0.15, 0.2) is 35.7 Å². The summed E-state index contributed by atoms with van der Waals surface area (Å²) in [5.41, 5.74) is 2.35. The number of carbonyl (C=O) groups is 1. The normalized spacial score (nSPS) is 15.5. The van der Waals surface area contributed by atoms with Crippen molar-refractivity contribution in [3.05, 3.63) is 51.7 Å². The molecule has 4 nitrogen and oxygen atoms in total. The second-order valence-electron chi connectivity index (χ2n) is 6.60. The molecule has 2 N–H and O–H groups in total. The van der Waals surface area contributed by atoms with E-state index in [0.717, 1.165) is 24.1 Å². The molecule has 0 saturated heterocycles. The summed E-state index contributed by atoms with van der Waals surface area (Å²) in [6, 6.07) is 9.75. The number of esters is 1. The number of hydrogen-bond donors (Lipinski definition) is 2. The molecule has 0 radical (unpaired) electrons. The minimum Gasteiger partial charge on any atom is -0.462 e. The molecule has 0 amide bonds. The van der Waals surface area contributed by atoms with E-state index in [1.54, 1.807) is 24.3 Å². The van der Waals surface area contributed by atoms with E-state index in [4.69, 9.17) is 17.0 Å². The van der Waals surface area contributed by atoms with E-state index in [-0.39, 0.29) is 11.5 Å². The Morgan fingerprint density at radius 2 is 2.08 bits per heavy atom. The van der Waals surface area contributed by atoms with Crippen LogP contribution < -0.4 is 10.6 Å². The summed E-state index contributed by atoms with van der Waals surface area (Å²) in [6.07, 6.45) is 4.60. The fourth-order valence-corrected chi connectivity index (χ4v) is 4.73. The standard InChI is InChI=1S/C20H24N2O2S2/c1-3-24-18(23)15-8-9-16(14(2)13-15)21-19(25)22-20(10-4-5-11-20)17-7-6-12-26-17/h6-9,12-13H,3-5,10-11H2,1-2H3,(H2,21,22,25). The Morgan fingerprint density at radius 1 is 1.31 bits per heavy atom.